The third kappa shape index (κ3) is 3.70. The molecule has 2 fully saturated rings. The van der Waals surface area contributed by atoms with Gasteiger partial charge in [0.2, 0.25) is 0 Å². The summed E-state index contributed by atoms with van der Waals surface area (Å²) in [6.07, 6.45) is 4.87. The summed E-state index contributed by atoms with van der Waals surface area (Å²) in [6, 6.07) is 9.13. The number of nitrogens with zero attached hydrogens (tertiary/aromatic N) is 2. The number of aromatic nitrogens is 2. The van der Waals surface area contributed by atoms with Crippen molar-refractivity contribution in [2.75, 3.05) is 19.7 Å². The van der Waals surface area contributed by atoms with E-state index in [4.69, 9.17) is 4.74 Å². The molecule has 1 amide bonds. The van der Waals surface area contributed by atoms with Crippen molar-refractivity contribution in [3.8, 4) is 0 Å². The summed E-state index contributed by atoms with van der Waals surface area (Å²) in [4.78, 5) is 22.4. The molecule has 2 atom stereocenters. The van der Waals surface area contributed by atoms with Crippen molar-refractivity contribution in [1.82, 2.24) is 20.2 Å². The molecular weight excluding hydrogens is 356 g/mol. The van der Waals surface area contributed by atoms with Gasteiger partial charge in [-0.05, 0) is 38.3 Å². The number of likely N-dealkylation sites (tertiary alicyclic amines) is 1. The first-order valence-corrected chi connectivity index (χ1v) is 9.91. The number of ether oxygens (including phenoxy) is 1. The third-order valence-electron chi connectivity index (χ3n) is 6.18. The fourth-order valence-electron chi connectivity index (χ4n) is 4.42. The summed E-state index contributed by atoms with van der Waals surface area (Å²) in [5.74, 6) is 0.787. The van der Waals surface area contributed by atoms with Gasteiger partial charge in [-0.2, -0.15) is 0 Å². The fraction of sp³-hybridized carbons (Fsp3) is 0.524. The lowest BCUT2D eigenvalue weighted by molar-refractivity contribution is -0.206. The SMILES string of the molecule is C[C@@]1(NC(=O)c2ccccc2)CCOC2(CCN(Cc3ncc[nH]3)CC2)[C@H]1O. The van der Waals surface area contributed by atoms with Gasteiger partial charge in [0.15, 0.2) is 0 Å². The van der Waals surface area contributed by atoms with Crippen molar-refractivity contribution in [2.24, 2.45) is 0 Å². The van der Waals surface area contributed by atoms with E-state index >= 15 is 0 Å². The van der Waals surface area contributed by atoms with E-state index in [0.29, 0.717) is 18.6 Å². The number of aromatic amines is 1. The normalized spacial score (nSPS) is 27.6. The number of aliphatic hydroxyl groups is 1. The topological polar surface area (TPSA) is 90.5 Å². The zero-order valence-electron chi connectivity index (χ0n) is 16.2. The van der Waals surface area contributed by atoms with Crippen molar-refractivity contribution in [3.05, 3.63) is 54.1 Å². The minimum Gasteiger partial charge on any atom is -0.388 e. The molecule has 3 N–H and O–H groups in total. The summed E-state index contributed by atoms with van der Waals surface area (Å²) >= 11 is 0. The van der Waals surface area contributed by atoms with Crippen molar-refractivity contribution in [1.29, 1.82) is 0 Å². The van der Waals surface area contributed by atoms with Crippen LogP contribution in [0.15, 0.2) is 42.7 Å². The first kappa shape index (κ1) is 19.1. The van der Waals surface area contributed by atoms with Crippen LogP contribution >= 0.6 is 0 Å². The Labute approximate surface area is 165 Å². The minimum absolute atomic E-state index is 0.158. The van der Waals surface area contributed by atoms with E-state index in [9.17, 15) is 9.90 Å². The van der Waals surface area contributed by atoms with E-state index in [0.717, 1.165) is 38.3 Å². The Hall–Kier alpha value is -2.22. The predicted molar refractivity (Wildman–Crippen MR) is 105 cm³/mol. The molecule has 2 saturated heterocycles. The van der Waals surface area contributed by atoms with Crippen molar-refractivity contribution >= 4 is 5.91 Å². The molecule has 1 spiro atoms. The zero-order chi connectivity index (χ0) is 19.6. The molecule has 1 aromatic carbocycles. The van der Waals surface area contributed by atoms with Crippen LogP contribution in [0.4, 0.5) is 0 Å². The maximum Gasteiger partial charge on any atom is 0.251 e. The Morgan fingerprint density at radius 3 is 2.75 bits per heavy atom. The van der Waals surface area contributed by atoms with E-state index in [2.05, 4.69) is 20.2 Å². The number of H-pyrrole nitrogens is 1. The Balaban J connectivity index is 1.42. The van der Waals surface area contributed by atoms with Crippen LogP contribution in [0.3, 0.4) is 0 Å². The first-order valence-electron chi connectivity index (χ1n) is 9.91. The molecular formula is C21H28N4O3. The number of imidazole rings is 1. The molecule has 0 bridgehead atoms. The Morgan fingerprint density at radius 1 is 1.32 bits per heavy atom. The van der Waals surface area contributed by atoms with Crippen LogP contribution < -0.4 is 5.32 Å². The highest BCUT2D eigenvalue weighted by Crippen LogP contribution is 2.40. The summed E-state index contributed by atoms with van der Waals surface area (Å²) in [7, 11) is 0. The molecule has 2 aliphatic heterocycles. The van der Waals surface area contributed by atoms with Crippen LogP contribution in [0.5, 0.6) is 0 Å². The zero-order valence-corrected chi connectivity index (χ0v) is 16.2. The van der Waals surface area contributed by atoms with E-state index in [-0.39, 0.29) is 5.91 Å². The van der Waals surface area contributed by atoms with Gasteiger partial charge >= 0.3 is 0 Å². The predicted octanol–water partition coefficient (Wildman–Crippen LogP) is 1.71. The van der Waals surface area contributed by atoms with Gasteiger partial charge in [0.25, 0.3) is 5.91 Å². The van der Waals surface area contributed by atoms with Crippen molar-refractivity contribution < 1.29 is 14.6 Å². The van der Waals surface area contributed by atoms with Gasteiger partial charge in [0.05, 0.1) is 17.7 Å². The molecule has 28 heavy (non-hydrogen) atoms. The molecule has 0 saturated carbocycles. The smallest absolute Gasteiger partial charge is 0.251 e. The maximum atomic E-state index is 12.7. The summed E-state index contributed by atoms with van der Waals surface area (Å²) < 4.78 is 6.13. The quantitative estimate of drug-likeness (QED) is 0.747. The number of nitrogens with one attached hydrogen (secondary N) is 2. The molecule has 4 rings (SSSR count). The molecule has 1 aromatic heterocycles. The average Bonchev–Trinajstić information content (AvgIpc) is 3.22. The highest BCUT2D eigenvalue weighted by Gasteiger charge is 2.53. The molecule has 2 aliphatic rings. The number of hydrogen-bond donors (Lipinski definition) is 3. The van der Waals surface area contributed by atoms with E-state index in [1.54, 1.807) is 18.3 Å². The third-order valence-corrected chi connectivity index (χ3v) is 6.18. The molecule has 150 valence electrons. The molecule has 0 aliphatic carbocycles. The van der Waals surface area contributed by atoms with Gasteiger partial charge in [-0.3, -0.25) is 9.69 Å². The number of aliphatic hydroxyl groups excluding tert-OH is 1. The van der Waals surface area contributed by atoms with E-state index < -0.39 is 17.2 Å². The Bertz CT molecular complexity index is 787. The highest BCUT2D eigenvalue weighted by molar-refractivity contribution is 5.94. The average molecular weight is 384 g/mol. The lowest BCUT2D eigenvalue weighted by Gasteiger charge is -2.53. The first-order chi connectivity index (χ1) is 13.5. The van der Waals surface area contributed by atoms with Crippen molar-refractivity contribution in [2.45, 2.75) is 50.0 Å². The summed E-state index contributed by atoms with van der Waals surface area (Å²) in [6.45, 7) is 4.86. The lowest BCUT2D eigenvalue weighted by Crippen LogP contribution is -2.69. The molecule has 0 radical (unpaired) electrons. The number of carbonyl (C=O) groups excluding carboxylic acids is 1. The maximum absolute atomic E-state index is 12.7. The minimum atomic E-state index is -0.757. The molecule has 0 unspecified atom stereocenters. The largest absolute Gasteiger partial charge is 0.388 e. The second-order valence-electron chi connectivity index (χ2n) is 8.12. The van der Waals surface area contributed by atoms with Crippen LogP contribution in [-0.4, -0.2) is 62.8 Å². The van der Waals surface area contributed by atoms with Gasteiger partial charge < -0.3 is 20.1 Å². The van der Waals surface area contributed by atoms with E-state index in [1.165, 1.54) is 0 Å². The fourth-order valence-corrected chi connectivity index (χ4v) is 4.42. The van der Waals surface area contributed by atoms with Gasteiger partial charge in [-0.15, -0.1) is 0 Å². The molecule has 7 nitrogen and oxygen atoms in total. The second-order valence-corrected chi connectivity index (χ2v) is 8.12. The standard InChI is InChI=1S/C21H28N4O3/c1-20(24-18(26)16-5-3-2-4-6-16)9-14-28-21(19(20)27)7-12-25(13-8-21)15-17-22-10-11-23-17/h2-6,10-11,19,27H,7-9,12-15H2,1H3,(H,22,23)(H,24,26)/t19-,20+/m0/s1. The lowest BCUT2D eigenvalue weighted by atomic mass is 9.73. The number of carbonyl (C=O) groups is 1. The van der Waals surface area contributed by atoms with Gasteiger partial charge in [-0.25, -0.2) is 4.98 Å². The Morgan fingerprint density at radius 2 is 2.07 bits per heavy atom. The number of benzene rings is 1. The van der Waals surface area contributed by atoms with Crippen LogP contribution in [0, 0.1) is 0 Å². The Kier molecular flexibility index (Phi) is 5.23. The van der Waals surface area contributed by atoms with Crippen LogP contribution in [0.1, 0.15) is 42.4 Å². The number of hydrogen-bond acceptors (Lipinski definition) is 5. The number of amides is 1. The van der Waals surface area contributed by atoms with Gasteiger partial charge in [-0.1, -0.05) is 18.2 Å². The second kappa shape index (κ2) is 7.66. The number of piperidine rings is 1. The van der Waals surface area contributed by atoms with Gasteiger partial charge in [0, 0.05) is 37.7 Å². The van der Waals surface area contributed by atoms with Crippen molar-refractivity contribution in [3.63, 3.8) is 0 Å². The molecule has 2 aromatic rings. The molecule has 7 heteroatoms. The summed E-state index contributed by atoms with van der Waals surface area (Å²) in [5, 5.41) is 14.3. The van der Waals surface area contributed by atoms with Crippen LogP contribution in [0.25, 0.3) is 0 Å². The summed E-state index contributed by atoms with van der Waals surface area (Å²) in [5.41, 5.74) is -0.727. The highest BCUT2D eigenvalue weighted by atomic mass is 16.5. The number of rotatable bonds is 4. The van der Waals surface area contributed by atoms with E-state index in [1.807, 2.05) is 31.3 Å². The van der Waals surface area contributed by atoms with Gasteiger partial charge in [0.1, 0.15) is 11.9 Å². The molecule has 3 heterocycles. The van der Waals surface area contributed by atoms with Crippen LogP contribution in [-0.2, 0) is 11.3 Å². The van der Waals surface area contributed by atoms with Crippen LogP contribution in [0.2, 0.25) is 0 Å². The monoisotopic (exact) mass is 384 g/mol.